The number of nitrogens with one attached hydrogen (secondary N) is 5. The summed E-state index contributed by atoms with van der Waals surface area (Å²) >= 11 is 3.46. The van der Waals surface area contributed by atoms with Crippen molar-refractivity contribution in [3.8, 4) is 23.0 Å². The summed E-state index contributed by atoms with van der Waals surface area (Å²) in [6.07, 6.45) is 9.36. The van der Waals surface area contributed by atoms with Gasteiger partial charge in [0.2, 0.25) is 23.6 Å². The Balaban J connectivity index is 0.000000120. The topological polar surface area (TPSA) is 230 Å². The maximum Gasteiger partial charge on any atom is 0.494 e. The number of ether oxygens (including phenoxy) is 2. The van der Waals surface area contributed by atoms with E-state index in [1.165, 1.54) is 46.6 Å². The van der Waals surface area contributed by atoms with Crippen LogP contribution in [0.4, 0.5) is 17.1 Å². The molecule has 17 rings (SSSR count). The Hall–Kier alpha value is -6.73. The monoisotopic (exact) mass is 1480 g/mol. The van der Waals surface area contributed by atoms with E-state index in [9.17, 15) is 9.59 Å². The molecule has 104 heavy (non-hydrogen) atoms. The molecule has 556 valence electrons. The number of rotatable bonds is 11. The summed E-state index contributed by atoms with van der Waals surface area (Å²) in [5, 5.41) is 16.2. The molecular formula is C79H109B3BrN11O10. The highest BCUT2D eigenvalue weighted by Gasteiger charge is 2.64. The first-order valence-corrected chi connectivity index (χ1v) is 38.4. The van der Waals surface area contributed by atoms with Gasteiger partial charge < -0.3 is 73.1 Å². The Labute approximate surface area is 624 Å². The number of pyridine rings is 2. The van der Waals surface area contributed by atoms with E-state index in [0.29, 0.717) is 49.8 Å². The van der Waals surface area contributed by atoms with Crippen LogP contribution in [-0.4, -0.2) is 141 Å². The lowest BCUT2D eigenvalue weighted by atomic mass is 9.49. The van der Waals surface area contributed by atoms with E-state index < -0.39 is 14.0 Å². The second kappa shape index (κ2) is 27.5. The van der Waals surface area contributed by atoms with Gasteiger partial charge in [0.15, 0.2) is 0 Å². The number of aromatic nitrogens is 6. The number of nitrogens with zero attached hydrogens (tertiary/aromatic N) is 6. The van der Waals surface area contributed by atoms with Gasteiger partial charge in [0.25, 0.3) is 0 Å². The molecule has 0 spiro atoms. The van der Waals surface area contributed by atoms with Gasteiger partial charge >= 0.3 is 21.1 Å². The van der Waals surface area contributed by atoms with Crippen molar-refractivity contribution in [2.75, 3.05) is 48.7 Å². The third kappa shape index (κ3) is 15.3. The Kier molecular flexibility index (Phi) is 20.0. The molecule has 3 aromatic carbocycles. The van der Waals surface area contributed by atoms with E-state index in [1.54, 1.807) is 0 Å². The number of anilines is 3. The first-order chi connectivity index (χ1) is 48.6. The predicted octanol–water partition coefficient (Wildman–Crippen LogP) is 14.1. The van der Waals surface area contributed by atoms with Crippen molar-refractivity contribution in [1.29, 1.82) is 0 Å². The largest absolute Gasteiger partial charge is 0.494 e. The van der Waals surface area contributed by atoms with Crippen LogP contribution in [0.1, 0.15) is 211 Å². The number of fused-ring (bicyclic) bond motifs is 5. The Morgan fingerprint density at radius 2 is 0.885 bits per heavy atom. The summed E-state index contributed by atoms with van der Waals surface area (Å²) in [6.45, 7) is 48.4. The summed E-state index contributed by atoms with van der Waals surface area (Å²) in [6, 6.07) is 24.6. The highest BCUT2D eigenvalue weighted by Crippen LogP contribution is 2.47. The molecule has 5 saturated heterocycles. The molecule has 0 radical (unpaired) electrons. The number of hydrogen-bond donors (Lipinski definition) is 5. The fourth-order valence-electron chi connectivity index (χ4n) is 14.6. The average molecular weight is 1490 g/mol. The summed E-state index contributed by atoms with van der Waals surface area (Å²) in [7, 11) is -1.23. The van der Waals surface area contributed by atoms with Gasteiger partial charge in [-0.3, -0.25) is 9.59 Å². The molecule has 0 bridgehead atoms. The quantitative estimate of drug-likeness (QED) is 0.0758. The SMILES string of the molecule is CC1(C)CNc2cc(B3OC(C)(C)C(C)(C)O3)ccc21.CC1(C)CNc2cc(Br)ccc21.CC1(C)OB(B2OC(C)(C)C(C)(C)O2)OC1(C)C.C[C@@H](Oc1nc(-c2ccc3c(c2)NCC3(C)C)cc2ncn(C3CC3)c12)[C@H]1CNC(=O)C1.Cc1cc2ncn(C3CC3)c2c(O[C@H](C)[C@H]2CNC(=O)C2)n1. The fourth-order valence-corrected chi connectivity index (χ4v) is 14.9. The van der Waals surface area contributed by atoms with Crippen molar-refractivity contribution in [3.05, 3.63) is 106 Å². The zero-order valence-electron chi connectivity index (χ0n) is 65.1. The predicted molar refractivity (Wildman–Crippen MR) is 417 cm³/mol. The number of carbonyl (C=O) groups is 2. The van der Waals surface area contributed by atoms with Gasteiger partial charge in [-0.15, -0.1) is 0 Å². The molecule has 8 aliphatic heterocycles. The van der Waals surface area contributed by atoms with Crippen molar-refractivity contribution in [1.82, 2.24) is 39.7 Å². The van der Waals surface area contributed by atoms with Crippen LogP contribution in [0.15, 0.2) is 83.9 Å². The van der Waals surface area contributed by atoms with Crippen LogP contribution in [0, 0.1) is 18.8 Å². The van der Waals surface area contributed by atoms with Gasteiger partial charge in [0.1, 0.15) is 23.2 Å². The van der Waals surface area contributed by atoms with Gasteiger partial charge in [-0.25, -0.2) is 19.9 Å². The molecule has 7 aromatic rings. The van der Waals surface area contributed by atoms with Crippen molar-refractivity contribution >= 4 is 93.5 Å². The van der Waals surface area contributed by atoms with E-state index in [0.717, 1.165) is 81.4 Å². The van der Waals surface area contributed by atoms with E-state index in [2.05, 4.69) is 192 Å². The number of benzene rings is 3. The molecule has 2 aliphatic carbocycles. The van der Waals surface area contributed by atoms with Gasteiger partial charge in [0, 0.05) is 119 Å². The number of amides is 2. The lowest BCUT2D eigenvalue weighted by molar-refractivity contribution is -0.120. The highest BCUT2D eigenvalue weighted by atomic mass is 79.9. The third-order valence-electron chi connectivity index (χ3n) is 24.0. The molecule has 2 saturated carbocycles. The first kappa shape index (κ1) is 75.5. The van der Waals surface area contributed by atoms with E-state index in [1.807, 2.05) is 94.9 Å². The van der Waals surface area contributed by atoms with Gasteiger partial charge in [-0.1, -0.05) is 87.8 Å². The maximum absolute atomic E-state index is 11.7. The third-order valence-corrected chi connectivity index (χ3v) is 24.5. The number of hydrogen-bond acceptors (Lipinski definition) is 17. The van der Waals surface area contributed by atoms with Gasteiger partial charge in [-0.05, 0) is 188 Å². The average Bonchev–Trinajstić information content (AvgIpc) is 1.58. The number of aryl methyl sites for hydroxylation is 1. The van der Waals surface area contributed by atoms with Crippen molar-refractivity contribution in [2.45, 2.75) is 258 Å². The minimum Gasteiger partial charge on any atom is -0.473 e. The molecule has 7 fully saturated rings. The van der Waals surface area contributed by atoms with Gasteiger partial charge in [0.05, 0.1) is 63.0 Å². The second-order valence-corrected chi connectivity index (χ2v) is 36.3. The zero-order chi connectivity index (χ0) is 74.8. The molecule has 0 unspecified atom stereocenters. The van der Waals surface area contributed by atoms with Crippen LogP contribution in [0.3, 0.4) is 0 Å². The molecule has 21 nitrogen and oxygen atoms in total. The zero-order valence-corrected chi connectivity index (χ0v) is 66.7. The summed E-state index contributed by atoms with van der Waals surface area (Å²) in [4.78, 5) is 41.9. The first-order valence-electron chi connectivity index (χ1n) is 37.6. The molecule has 4 atom stereocenters. The normalized spacial score (nSPS) is 24.3. The molecular weight excluding hydrogens is 1380 g/mol. The number of halogens is 1. The standard InChI is InChI=1S/C25H29N5O2.C16H24BNO2.C16H20N4O2.C12H24B2O4.C10H12BrN/c1-14(16-9-22(31)26-11-16)32-24-23-21(28-13-30(23)17-5-6-17)10-19(29-24)15-4-7-18-20(8-15)27-12-25(18,2)3;1-14(2)10-18-13-9-11(7-8-12(13)14)17-19-15(3,4)16(5,6)20-17;1-9-5-13-15(20(8-18-13)12-3-4-12)16(19-9)22-10(2)11-6-14(21)17-7-11;1-9(2)10(3,4)16-13(15-9)14-17-11(5,6)12(7,8)18-14;1-10(2)6-12-9-5-7(11)3-4-8(9)10/h4,7-8,10,13-14,16-17,27H,5-6,9,11-12H2,1-3H3,(H,26,31);7-9,18H,10H2,1-6H3;5,8,10-12H,3-4,6-7H2,1-2H3,(H,17,21);1-8H3;3-5,12H,6H2,1-2H3/t14-,16-;;10-,11-;;/m1.1../s1. The minimum atomic E-state index is -0.476. The Bertz CT molecular complexity index is 4330. The molecule has 12 heterocycles. The second-order valence-electron chi connectivity index (χ2n) is 35.4. The van der Waals surface area contributed by atoms with Gasteiger partial charge in [-0.2, -0.15) is 0 Å². The summed E-state index contributed by atoms with van der Waals surface area (Å²) in [5.74, 6) is 1.79. The number of carbonyl (C=O) groups excluding carboxylic acids is 2. The Morgan fingerprint density at radius 1 is 0.490 bits per heavy atom. The van der Waals surface area contributed by atoms with Crippen LogP contribution in [0.2, 0.25) is 0 Å². The minimum absolute atomic E-state index is 0.0565. The van der Waals surface area contributed by atoms with Crippen molar-refractivity contribution in [3.63, 3.8) is 0 Å². The Morgan fingerprint density at radius 3 is 1.32 bits per heavy atom. The molecule has 4 aromatic heterocycles. The van der Waals surface area contributed by atoms with Crippen LogP contribution in [0.5, 0.6) is 11.8 Å². The van der Waals surface area contributed by atoms with E-state index in [-0.39, 0.29) is 92.8 Å². The fraction of sp³-hybridized carbons (Fsp3) is 0.595. The summed E-state index contributed by atoms with van der Waals surface area (Å²) < 4.78 is 54.2. The van der Waals surface area contributed by atoms with Crippen molar-refractivity contribution in [2.24, 2.45) is 11.8 Å². The molecule has 25 heteroatoms. The lowest BCUT2D eigenvalue weighted by Gasteiger charge is -2.32. The highest BCUT2D eigenvalue weighted by molar-refractivity contribution is 9.10. The van der Waals surface area contributed by atoms with Crippen LogP contribution in [-0.2, 0) is 53.8 Å². The maximum atomic E-state index is 11.7. The molecule has 10 aliphatic rings. The molecule has 2 amide bonds. The number of imidazole rings is 2. The van der Waals surface area contributed by atoms with E-state index in [4.69, 9.17) is 47.4 Å². The smallest absolute Gasteiger partial charge is 0.473 e. The van der Waals surface area contributed by atoms with Crippen LogP contribution >= 0.6 is 15.9 Å². The molecule has 5 N–H and O–H groups in total. The van der Waals surface area contributed by atoms with Crippen LogP contribution < -0.4 is 41.5 Å². The summed E-state index contributed by atoms with van der Waals surface area (Å²) in [5.41, 5.74) is 14.1. The van der Waals surface area contributed by atoms with Crippen LogP contribution in [0.25, 0.3) is 33.3 Å². The lowest BCUT2D eigenvalue weighted by Crippen LogP contribution is -2.41. The van der Waals surface area contributed by atoms with E-state index >= 15 is 0 Å². The van der Waals surface area contributed by atoms with Crippen molar-refractivity contribution < 1.29 is 47.0 Å².